The van der Waals surface area contributed by atoms with Crippen molar-refractivity contribution in [2.24, 2.45) is 0 Å². The first-order valence-electron chi connectivity index (χ1n) is 16.3. The lowest BCUT2D eigenvalue weighted by Crippen LogP contribution is -2.64. The summed E-state index contributed by atoms with van der Waals surface area (Å²) in [5.74, 6) is 0. The number of rotatable bonds is 18. The highest BCUT2D eigenvalue weighted by molar-refractivity contribution is 6.90. The van der Waals surface area contributed by atoms with Crippen LogP contribution in [0.4, 0.5) is 11.4 Å². The van der Waals surface area contributed by atoms with Crippen LogP contribution in [0.3, 0.4) is 0 Å². The van der Waals surface area contributed by atoms with Crippen LogP contribution in [0, 0.1) is 20.2 Å². The molecule has 0 saturated carbocycles. The molecule has 0 aromatic heterocycles. The van der Waals surface area contributed by atoms with Gasteiger partial charge in [0.1, 0.15) is 0 Å². The van der Waals surface area contributed by atoms with E-state index < -0.39 is 41.2 Å². The van der Waals surface area contributed by atoms with Crippen molar-refractivity contribution in [2.75, 3.05) is 0 Å². The molecule has 10 nitrogen and oxygen atoms in total. The number of nitro groups is 2. The summed E-state index contributed by atoms with van der Waals surface area (Å²) >= 11 is 0. The maximum atomic E-state index is 11.6. The second-order valence-corrected chi connectivity index (χ2v) is 18.6. The summed E-state index contributed by atoms with van der Waals surface area (Å²) in [6, 6.07) is 14.1. The molecule has 1 aliphatic heterocycles. The van der Waals surface area contributed by atoms with Gasteiger partial charge in [0.25, 0.3) is 11.4 Å². The fraction of sp³-hybridized carbons (Fsp3) is 0.600. The summed E-state index contributed by atoms with van der Waals surface area (Å²) in [7, 11) is -7.86. The molecular formula is C30H48B2N2O8Si2. The number of hydrogen-bond acceptors (Lipinski definition) is 8. The van der Waals surface area contributed by atoms with E-state index in [-0.39, 0.29) is 11.4 Å². The Kier molecular flexibility index (Phi) is 14.7. The Labute approximate surface area is 265 Å². The van der Waals surface area contributed by atoms with E-state index >= 15 is 0 Å². The predicted octanol–water partition coefficient (Wildman–Crippen LogP) is 7.54. The largest absolute Gasteiger partial charge is 0.475 e. The van der Waals surface area contributed by atoms with E-state index in [1.807, 2.05) is 13.1 Å². The number of unbranched alkanes of at least 4 members (excludes halogenated alkanes) is 10. The molecule has 0 unspecified atom stereocenters. The molecule has 240 valence electrons. The van der Waals surface area contributed by atoms with E-state index in [0.717, 1.165) is 38.5 Å². The number of nitrogens with zero attached hydrogens (tertiary/aromatic N) is 2. The van der Waals surface area contributed by atoms with Crippen molar-refractivity contribution in [3.05, 3.63) is 68.8 Å². The van der Waals surface area contributed by atoms with Gasteiger partial charge in [0.2, 0.25) is 0 Å². The summed E-state index contributed by atoms with van der Waals surface area (Å²) in [6.45, 7) is 8.32. The van der Waals surface area contributed by atoms with Gasteiger partial charge in [0, 0.05) is 24.3 Å². The molecule has 0 amide bonds. The van der Waals surface area contributed by atoms with Gasteiger partial charge in [0.05, 0.1) is 9.85 Å². The van der Waals surface area contributed by atoms with Crippen LogP contribution in [0.2, 0.25) is 25.2 Å². The molecule has 0 radical (unpaired) electrons. The second kappa shape index (κ2) is 18.0. The molecule has 3 rings (SSSR count). The Morgan fingerprint density at radius 3 is 1.27 bits per heavy atom. The monoisotopic (exact) mass is 642 g/mol. The zero-order chi connectivity index (χ0) is 32.0. The van der Waals surface area contributed by atoms with Crippen LogP contribution < -0.4 is 10.9 Å². The number of hydrogen-bond donors (Lipinski definition) is 0. The van der Waals surface area contributed by atoms with Gasteiger partial charge in [-0.1, -0.05) is 115 Å². The van der Waals surface area contributed by atoms with Gasteiger partial charge < -0.3 is 17.4 Å². The van der Waals surface area contributed by atoms with Crippen LogP contribution in [-0.4, -0.2) is 41.2 Å². The van der Waals surface area contributed by atoms with Gasteiger partial charge in [-0.15, -0.1) is 0 Å². The standard InChI is InChI=1S/C30H48B2N2O8Si2/c1-5-7-9-11-13-15-23-43(3)39-31(27-19-17-21-29(25-27)33(35)36)41-44(4,24-16-14-12-10-8-6-2)42-32(40-43)28-20-18-22-30(26-28)34(37)38/h17-22,25-26H,5-16,23-24H2,1-4H3. The topological polar surface area (TPSA) is 123 Å². The molecule has 1 saturated heterocycles. The normalized spacial score (nSPS) is 20.7. The van der Waals surface area contributed by atoms with E-state index in [1.54, 1.807) is 24.3 Å². The van der Waals surface area contributed by atoms with E-state index in [4.69, 9.17) is 17.4 Å². The lowest BCUT2D eigenvalue weighted by atomic mass is 9.80. The smallest absolute Gasteiger partial charge is 0.430 e. The molecule has 14 heteroatoms. The Morgan fingerprint density at radius 1 is 0.591 bits per heavy atom. The molecule has 0 bridgehead atoms. The van der Waals surface area contributed by atoms with Crippen molar-refractivity contribution in [3.8, 4) is 0 Å². The Morgan fingerprint density at radius 2 is 0.932 bits per heavy atom. The second-order valence-electron chi connectivity index (χ2n) is 12.1. The summed E-state index contributed by atoms with van der Waals surface area (Å²) < 4.78 is 27.2. The average molecular weight is 643 g/mol. The molecule has 1 aliphatic rings. The predicted molar refractivity (Wildman–Crippen MR) is 181 cm³/mol. The van der Waals surface area contributed by atoms with Crippen LogP contribution >= 0.6 is 0 Å². The minimum absolute atomic E-state index is 0.0355. The summed E-state index contributed by atoms with van der Waals surface area (Å²) in [4.78, 5) is 22.4. The minimum atomic E-state index is -3.05. The SMILES string of the molecule is CCCCCCCC[Si]1(C)OB(c2cccc([N+](=O)[O-])c2)O[Si](C)(CCCCCCCC)OB(c2cccc([N+](=O)[O-])c2)O1. The van der Waals surface area contributed by atoms with Crippen LogP contribution in [0.5, 0.6) is 0 Å². The van der Waals surface area contributed by atoms with Crippen molar-refractivity contribution >= 4 is 53.7 Å². The first-order chi connectivity index (χ1) is 21.1. The number of nitro benzene ring substituents is 2. The van der Waals surface area contributed by atoms with Crippen LogP contribution in [-0.2, 0) is 17.4 Å². The third kappa shape index (κ3) is 11.5. The van der Waals surface area contributed by atoms with E-state index in [1.165, 1.54) is 62.8 Å². The van der Waals surface area contributed by atoms with Gasteiger partial charge >= 0.3 is 31.4 Å². The Hall–Kier alpha value is -2.36. The Bertz CT molecular complexity index is 1110. The third-order valence-electron chi connectivity index (χ3n) is 8.10. The van der Waals surface area contributed by atoms with Crippen LogP contribution in [0.1, 0.15) is 90.9 Å². The Balaban J connectivity index is 1.95. The van der Waals surface area contributed by atoms with E-state index in [0.29, 0.717) is 23.0 Å². The average Bonchev–Trinajstić information content (AvgIpc) is 2.99. The van der Waals surface area contributed by atoms with Crippen molar-refractivity contribution in [1.82, 2.24) is 0 Å². The van der Waals surface area contributed by atoms with Crippen molar-refractivity contribution in [2.45, 2.75) is 116 Å². The molecule has 2 aromatic carbocycles. The zero-order valence-electron chi connectivity index (χ0n) is 26.8. The van der Waals surface area contributed by atoms with Gasteiger partial charge in [0.15, 0.2) is 0 Å². The fourth-order valence-corrected chi connectivity index (χ4v) is 10.6. The molecule has 44 heavy (non-hydrogen) atoms. The lowest BCUT2D eigenvalue weighted by Gasteiger charge is -2.42. The first kappa shape index (κ1) is 36.1. The van der Waals surface area contributed by atoms with Crippen LogP contribution in [0.25, 0.3) is 0 Å². The summed E-state index contributed by atoms with van der Waals surface area (Å²) in [5.41, 5.74) is 1.05. The number of non-ortho nitro benzene ring substituents is 2. The van der Waals surface area contributed by atoms with E-state index in [9.17, 15) is 20.2 Å². The van der Waals surface area contributed by atoms with Crippen molar-refractivity contribution in [1.29, 1.82) is 0 Å². The molecule has 0 atom stereocenters. The summed E-state index contributed by atoms with van der Waals surface area (Å²) in [6.07, 6.45) is 13.2. The lowest BCUT2D eigenvalue weighted by molar-refractivity contribution is -0.385. The maximum absolute atomic E-state index is 11.6. The van der Waals surface area contributed by atoms with Crippen LogP contribution in [0.15, 0.2) is 48.5 Å². The zero-order valence-corrected chi connectivity index (χ0v) is 28.8. The summed E-state index contributed by atoms with van der Waals surface area (Å²) in [5, 5.41) is 23.3. The quantitative estimate of drug-likeness (QED) is 0.0708. The van der Waals surface area contributed by atoms with Gasteiger partial charge in [-0.25, -0.2) is 0 Å². The van der Waals surface area contributed by atoms with Crippen molar-refractivity contribution in [3.63, 3.8) is 0 Å². The number of benzene rings is 2. The van der Waals surface area contributed by atoms with E-state index in [2.05, 4.69) is 13.8 Å². The maximum Gasteiger partial charge on any atom is 0.475 e. The fourth-order valence-electron chi connectivity index (χ4n) is 5.54. The third-order valence-corrected chi connectivity index (χ3v) is 13.5. The van der Waals surface area contributed by atoms with Gasteiger partial charge in [-0.2, -0.15) is 0 Å². The highest BCUT2D eigenvalue weighted by Crippen LogP contribution is 2.30. The highest BCUT2D eigenvalue weighted by atomic mass is 28.4. The molecule has 0 aliphatic carbocycles. The molecule has 0 N–H and O–H groups in total. The van der Waals surface area contributed by atoms with Gasteiger partial charge in [-0.3, -0.25) is 20.2 Å². The highest BCUT2D eigenvalue weighted by Gasteiger charge is 2.50. The van der Waals surface area contributed by atoms with Crippen molar-refractivity contribution < 1.29 is 27.2 Å². The first-order valence-corrected chi connectivity index (χ1v) is 21.3. The molecule has 1 fully saturated rings. The van der Waals surface area contributed by atoms with Gasteiger partial charge in [-0.05, 0) is 36.1 Å². The molecular weight excluding hydrogens is 594 g/mol. The molecule has 1 heterocycles. The molecule has 0 spiro atoms. The minimum Gasteiger partial charge on any atom is -0.430 e. The molecule has 2 aromatic rings.